The zero-order valence-electron chi connectivity index (χ0n) is 11.2. The van der Waals surface area contributed by atoms with E-state index in [1.165, 1.54) is 0 Å². The van der Waals surface area contributed by atoms with E-state index in [4.69, 9.17) is 9.15 Å². The summed E-state index contributed by atoms with van der Waals surface area (Å²) in [6.45, 7) is 3.71. The van der Waals surface area contributed by atoms with E-state index in [9.17, 15) is 4.79 Å². The lowest BCUT2D eigenvalue weighted by atomic mass is 10.1. The fourth-order valence-electron chi connectivity index (χ4n) is 1.87. The summed E-state index contributed by atoms with van der Waals surface area (Å²) in [5, 5.41) is 2.83. The van der Waals surface area contributed by atoms with Crippen molar-refractivity contribution in [2.45, 2.75) is 13.8 Å². The van der Waals surface area contributed by atoms with Gasteiger partial charge in [-0.1, -0.05) is 15.9 Å². The normalized spacial score (nSPS) is 10.4. The summed E-state index contributed by atoms with van der Waals surface area (Å²) >= 11 is 6.61. The van der Waals surface area contributed by atoms with Crippen LogP contribution in [0.4, 0.5) is 5.69 Å². The number of methoxy groups -OCH3 is 1. The van der Waals surface area contributed by atoms with Gasteiger partial charge in [0.1, 0.15) is 5.75 Å². The highest BCUT2D eigenvalue weighted by atomic mass is 79.9. The number of carbonyl (C=O) groups excluding carboxylic acids is 1. The van der Waals surface area contributed by atoms with Crippen LogP contribution in [0.5, 0.6) is 5.75 Å². The topological polar surface area (TPSA) is 51.5 Å². The third kappa shape index (κ3) is 3.07. The van der Waals surface area contributed by atoms with E-state index < -0.39 is 0 Å². The van der Waals surface area contributed by atoms with Crippen LogP contribution in [0.15, 0.2) is 31.8 Å². The molecule has 2 aromatic rings. The number of amides is 1. The van der Waals surface area contributed by atoms with Gasteiger partial charge in [-0.05, 0) is 53.5 Å². The minimum Gasteiger partial charge on any atom is -0.495 e. The molecule has 0 atom stereocenters. The van der Waals surface area contributed by atoms with E-state index in [0.717, 1.165) is 15.6 Å². The number of nitrogens with one attached hydrogen (secondary N) is 1. The standard InChI is InChI=1S/C14H13Br2NO3/c1-7-4-9(15)6-10(19-3)12(7)17-14(18)13-8(2)5-11(16)20-13/h4-6H,1-3H3,(H,17,18). The molecule has 0 saturated carbocycles. The summed E-state index contributed by atoms with van der Waals surface area (Å²) < 4.78 is 12.1. The lowest BCUT2D eigenvalue weighted by molar-refractivity contribution is 0.0994. The van der Waals surface area contributed by atoms with Crippen molar-refractivity contribution in [1.29, 1.82) is 0 Å². The second-order valence-corrected chi connectivity index (χ2v) is 6.01. The number of furan rings is 1. The van der Waals surface area contributed by atoms with Crippen molar-refractivity contribution in [3.05, 3.63) is 44.2 Å². The molecule has 1 amide bonds. The van der Waals surface area contributed by atoms with Crippen LogP contribution >= 0.6 is 31.9 Å². The minimum atomic E-state index is -0.308. The number of hydrogen-bond acceptors (Lipinski definition) is 3. The number of carbonyl (C=O) groups is 1. The maximum atomic E-state index is 12.3. The van der Waals surface area contributed by atoms with Crippen molar-refractivity contribution < 1.29 is 13.9 Å². The van der Waals surface area contributed by atoms with Crippen LogP contribution in [-0.4, -0.2) is 13.0 Å². The predicted octanol–water partition coefficient (Wildman–Crippen LogP) is 4.68. The first-order chi connectivity index (χ1) is 9.42. The van der Waals surface area contributed by atoms with E-state index in [1.54, 1.807) is 19.2 Å². The quantitative estimate of drug-likeness (QED) is 0.810. The Bertz CT molecular complexity index is 665. The lowest BCUT2D eigenvalue weighted by Gasteiger charge is -2.13. The first-order valence-corrected chi connectivity index (χ1v) is 7.42. The largest absolute Gasteiger partial charge is 0.495 e. The average Bonchev–Trinajstić information content (AvgIpc) is 2.71. The van der Waals surface area contributed by atoms with Gasteiger partial charge in [-0.3, -0.25) is 4.79 Å². The average molecular weight is 403 g/mol. The Kier molecular flexibility index (Phi) is 4.55. The molecule has 0 bridgehead atoms. The number of anilines is 1. The summed E-state index contributed by atoms with van der Waals surface area (Å²) in [6.07, 6.45) is 0. The van der Waals surface area contributed by atoms with Gasteiger partial charge in [-0.2, -0.15) is 0 Å². The summed E-state index contributed by atoms with van der Waals surface area (Å²) in [4.78, 5) is 12.3. The van der Waals surface area contributed by atoms with E-state index >= 15 is 0 Å². The van der Waals surface area contributed by atoms with Gasteiger partial charge < -0.3 is 14.5 Å². The molecule has 1 aromatic heterocycles. The SMILES string of the molecule is COc1cc(Br)cc(C)c1NC(=O)c1oc(Br)cc1C. The molecule has 0 saturated heterocycles. The van der Waals surface area contributed by atoms with E-state index in [2.05, 4.69) is 37.2 Å². The van der Waals surface area contributed by atoms with Crippen molar-refractivity contribution in [3.8, 4) is 5.75 Å². The number of halogens is 2. The summed E-state index contributed by atoms with van der Waals surface area (Å²) in [5.74, 6) is 0.562. The first kappa shape index (κ1) is 15.1. The lowest BCUT2D eigenvalue weighted by Crippen LogP contribution is -2.14. The van der Waals surface area contributed by atoms with Gasteiger partial charge in [0.2, 0.25) is 0 Å². The Hall–Kier alpha value is -1.27. The number of rotatable bonds is 3. The highest BCUT2D eigenvalue weighted by Crippen LogP contribution is 2.33. The van der Waals surface area contributed by atoms with Crippen molar-refractivity contribution in [3.63, 3.8) is 0 Å². The highest BCUT2D eigenvalue weighted by molar-refractivity contribution is 9.10. The van der Waals surface area contributed by atoms with Crippen LogP contribution in [0.1, 0.15) is 21.7 Å². The molecule has 0 unspecified atom stereocenters. The van der Waals surface area contributed by atoms with Gasteiger partial charge in [0, 0.05) is 10.0 Å². The fraction of sp³-hybridized carbons (Fsp3) is 0.214. The molecule has 0 radical (unpaired) electrons. The second-order valence-electron chi connectivity index (χ2n) is 4.32. The van der Waals surface area contributed by atoms with Gasteiger partial charge in [-0.25, -0.2) is 0 Å². The Morgan fingerprint density at radius 3 is 2.45 bits per heavy atom. The van der Waals surface area contributed by atoms with Crippen molar-refractivity contribution >= 4 is 43.5 Å². The van der Waals surface area contributed by atoms with E-state index in [1.807, 2.05) is 19.9 Å². The molecule has 1 aromatic carbocycles. The molecule has 4 nitrogen and oxygen atoms in total. The monoisotopic (exact) mass is 401 g/mol. The molecule has 0 aliphatic heterocycles. The zero-order valence-corrected chi connectivity index (χ0v) is 14.4. The Balaban J connectivity index is 2.35. The first-order valence-electron chi connectivity index (χ1n) is 5.83. The van der Waals surface area contributed by atoms with Gasteiger partial charge in [-0.15, -0.1) is 0 Å². The van der Waals surface area contributed by atoms with E-state index in [-0.39, 0.29) is 11.7 Å². The molecule has 20 heavy (non-hydrogen) atoms. The summed E-state index contributed by atoms with van der Waals surface area (Å²) in [6, 6.07) is 5.46. The molecule has 0 aliphatic carbocycles. The van der Waals surface area contributed by atoms with Gasteiger partial charge in [0.05, 0.1) is 12.8 Å². The van der Waals surface area contributed by atoms with Crippen molar-refractivity contribution in [2.24, 2.45) is 0 Å². The summed E-state index contributed by atoms with van der Waals surface area (Å²) in [5.41, 5.74) is 2.29. The summed E-state index contributed by atoms with van der Waals surface area (Å²) in [7, 11) is 1.56. The predicted molar refractivity (Wildman–Crippen MR) is 84.5 cm³/mol. The molecule has 1 heterocycles. The second kappa shape index (κ2) is 6.01. The molecular formula is C14H13Br2NO3. The number of hydrogen-bond donors (Lipinski definition) is 1. The Morgan fingerprint density at radius 1 is 1.20 bits per heavy atom. The molecule has 106 valence electrons. The van der Waals surface area contributed by atoms with Crippen LogP contribution < -0.4 is 10.1 Å². The third-order valence-corrected chi connectivity index (χ3v) is 3.67. The zero-order chi connectivity index (χ0) is 14.9. The van der Waals surface area contributed by atoms with Crippen LogP contribution in [0.3, 0.4) is 0 Å². The highest BCUT2D eigenvalue weighted by Gasteiger charge is 2.18. The molecule has 0 fully saturated rings. The molecule has 2 rings (SSSR count). The Morgan fingerprint density at radius 2 is 1.90 bits per heavy atom. The third-order valence-electron chi connectivity index (χ3n) is 2.82. The smallest absolute Gasteiger partial charge is 0.291 e. The molecule has 6 heteroatoms. The van der Waals surface area contributed by atoms with Gasteiger partial charge >= 0.3 is 0 Å². The van der Waals surface area contributed by atoms with Crippen LogP contribution in [0.25, 0.3) is 0 Å². The maximum absolute atomic E-state index is 12.3. The van der Waals surface area contributed by atoms with Gasteiger partial charge in [0.25, 0.3) is 5.91 Å². The number of ether oxygens (including phenoxy) is 1. The van der Waals surface area contributed by atoms with E-state index in [0.29, 0.717) is 16.1 Å². The number of benzene rings is 1. The molecular weight excluding hydrogens is 390 g/mol. The fourth-order valence-corrected chi connectivity index (χ4v) is 2.93. The van der Waals surface area contributed by atoms with Crippen LogP contribution in [-0.2, 0) is 0 Å². The van der Waals surface area contributed by atoms with Crippen molar-refractivity contribution in [1.82, 2.24) is 0 Å². The van der Waals surface area contributed by atoms with Crippen LogP contribution in [0, 0.1) is 13.8 Å². The van der Waals surface area contributed by atoms with Crippen LogP contribution in [0.2, 0.25) is 0 Å². The Labute approximate surface area is 133 Å². The molecule has 0 spiro atoms. The minimum absolute atomic E-state index is 0.279. The van der Waals surface area contributed by atoms with Crippen molar-refractivity contribution in [2.75, 3.05) is 12.4 Å². The number of aryl methyl sites for hydroxylation is 2. The van der Waals surface area contributed by atoms with Gasteiger partial charge in [0.15, 0.2) is 10.4 Å². The molecule has 0 aliphatic rings. The molecule has 1 N–H and O–H groups in total. The maximum Gasteiger partial charge on any atom is 0.291 e.